The fourth-order valence-electron chi connectivity index (χ4n) is 3.13. The average Bonchev–Trinajstić information content (AvgIpc) is 3.37. The largest absolute Gasteiger partial charge is 0.489 e. The molecule has 140 valence electrons. The summed E-state index contributed by atoms with van der Waals surface area (Å²) in [4.78, 5) is 18.6. The van der Waals surface area contributed by atoms with Crippen LogP contribution in [-0.4, -0.2) is 49.9 Å². The van der Waals surface area contributed by atoms with Crippen LogP contribution in [0.5, 0.6) is 5.75 Å². The summed E-state index contributed by atoms with van der Waals surface area (Å²) in [5, 5.41) is 8.18. The number of carbonyl (C=O) groups is 1. The topological polar surface area (TPSA) is 86.3 Å². The van der Waals surface area contributed by atoms with Gasteiger partial charge in [-0.1, -0.05) is 5.16 Å². The Labute approximate surface area is 156 Å². The van der Waals surface area contributed by atoms with Crippen LogP contribution in [-0.2, 0) is 7.05 Å². The monoisotopic (exact) mass is 367 g/mol. The Morgan fingerprint density at radius 2 is 2.04 bits per heavy atom. The zero-order valence-electron chi connectivity index (χ0n) is 15.5. The Morgan fingerprint density at radius 3 is 2.67 bits per heavy atom. The number of benzene rings is 1. The first kappa shape index (κ1) is 17.3. The standard InChI is InChI=1S/C19H21N5O3/c1-12-10-17(21-23(12)3)19(25)24-9-8-16(11-24)26-15-6-4-14(5-7-15)18-20-13(2)27-22-18/h4-7,10,16H,8-9,11H2,1-3H3. The van der Waals surface area contributed by atoms with E-state index in [1.807, 2.05) is 44.3 Å². The van der Waals surface area contributed by atoms with Gasteiger partial charge in [-0.05, 0) is 37.3 Å². The van der Waals surface area contributed by atoms with E-state index in [0.717, 1.165) is 23.4 Å². The van der Waals surface area contributed by atoms with Crippen molar-refractivity contribution < 1.29 is 14.1 Å². The Kier molecular flexibility index (Phi) is 4.39. The lowest BCUT2D eigenvalue weighted by Crippen LogP contribution is -2.31. The quantitative estimate of drug-likeness (QED) is 0.704. The summed E-state index contributed by atoms with van der Waals surface area (Å²) in [5.41, 5.74) is 2.31. The Hall–Kier alpha value is -3.16. The zero-order chi connectivity index (χ0) is 19.0. The third-order valence-electron chi connectivity index (χ3n) is 4.71. The molecular weight excluding hydrogens is 346 g/mol. The third-order valence-corrected chi connectivity index (χ3v) is 4.71. The van der Waals surface area contributed by atoms with E-state index in [1.54, 1.807) is 16.5 Å². The van der Waals surface area contributed by atoms with Gasteiger partial charge in [0.2, 0.25) is 11.7 Å². The molecule has 1 fully saturated rings. The molecule has 3 aromatic rings. The maximum Gasteiger partial charge on any atom is 0.274 e. The van der Waals surface area contributed by atoms with Crippen LogP contribution in [0.2, 0.25) is 0 Å². The fourth-order valence-corrected chi connectivity index (χ4v) is 3.13. The van der Waals surface area contributed by atoms with E-state index >= 15 is 0 Å². The highest BCUT2D eigenvalue weighted by Gasteiger charge is 2.29. The van der Waals surface area contributed by atoms with Crippen molar-refractivity contribution in [2.45, 2.75) is 26.4 Å². The number of aromatic nitrogens is 4. The van der Waals surface area contributed by atoms with Gasteiger partial charge in [-0.15, -0.1) is 0 Å². The molecule has 0 aliphatic carbocycles. The highest BCUT2D eigenvalue weighted by molar-refractivity contribution is 5.92. The average molecular weight is 367 g/mol. The zero-order valence-corrected chi connectivity index (χ0v) is 15.5. The normalized spacial score (nSPS) is 16.7. The maximum atomic E-state index is 12.6. The first-order chi connectivity index (χ1) is 13.0. The second kappa shape index (κ2) is 6.86. The van der Waals surface area contributed by atoms with Crippen molar-refractivity contribution in [1.29, 1.82) is 0 Å². The summed E-state index contributed by atoms with van der Waals surface area (Å²) < 4.78 is 12.7. The smallest absolute Gasteiger partial charge is 0.274 e. The molecule has 1 amide bonds. The number of hydrogen-bond acceptors (Lipinski definition) is 6. The van der Waals surface area contributed by atoms with Gasteiger partial charge in [-0.3, -0.25) is 9.48 Å². The van der Waals surface area contributed by atoms with Gasteiger partial charge in [0.1, 0.15) is 11.9 Å². The van der Waals surface area contributed by atoms with E-state index in [1.165, 1.54) is 0 Å². The van der Waals surface area contributed by atoms with Gasteiger partial charge in [0.25, 0.3) is 5.91 Å². The number of amides is 1. The number of hydrogen-bond donors (Lipinski definition) is 0. The Balaban J connectivity index is 1.37. The molecule has 0 spiro atoms. The summed E-state index contributed by atoms with van der Waals surface area (Å²) in [6, 6.07) is 9.37. The summed E-state index contributed by atoms with van der Waals surface area (Å²) >= 11 is 0. The highest BCUT2D eigenvalue weighted by atomic mass is 16.5. The molecule has 0 radical (unpaired) electrons. The van der Waals surface area contributed by atoms with E-state index in [4.69, 9.17) is 9.26 Å². The van der Waals surface area contributed by atoms with Crippen molar-refractivity contribution in [3.63, 3.8) is 0 Å². The van der Waals surface area contributed by atoms with Crippen LogP contribution in [0, 0.1) is 13.8 Å². The van der Waals surface area contributed by atoms with Crippen LogP contribution < -0.4 is 4.74 Å². The molecule has 1 saturated heterocycles. The maximum absolute atomic E-state index is 12.6. The molecule has 0 saturated carbocycles. The third kappa shape index (κ3) is 3.55. The number of ether oxygens (including phenoxy) is 1. The molecule has 27 heavy (non-hydrogen) atoms. The Morgan fingerprint density at radius 1 is 1.26 bits per heavy atom. The molecule has 8 nitrogen and oxygen atoms in total. The van der Waals surface area contributed by atoms with Gasteiger partial charge in [0.15, 0.2) is 5.69 Å². The van der Waals surface area contributed by atoms with Crippen molar-refractivity contribution in [3.05, 3.63) is 47.6 Å². The number of carbonyl (C=O) groups excluding carboxylic acids is 1. The van der Waals surface area contributed by atoms with E-state index in [2.05, 4.69) is 15.2 Å². The summed E-state index contributed by atoms with van der Waals surface area (Å²) in [5.74, 6) is 1.80. The summed E-state index contributed by atoms with van der Waals surface area (Å²) in [6.45, 7) is 4.91. The van der Waals surface area contributed by atoms with Gasteiger partial charge in [-0.2, -0.15) is 10.1 Å². The SMILES string of the molecule is Cc1nc(-c2ccc(OC3CCN(C(=O)c4cc(C)n(C)n4)C3)cc2)no1. The van der Waals surface area contributed by atoms with Crippen molar-refractivity contribution in [3.8, 4) is 17.1 Å². The second-order valence-electron chi connectivity index (χ2n) is 6.74. The first-order valence-electron chi connectivity index (χ1n) is 8.87. The van der Waals surface area contributed by atoms with Crippen LogP contribution in [0.1, 0.15) is 28.5 Å². The predicted octanol–water partition coefficient (Wildman–Crippen LogP) is 2.38. The second-order valence-corrected chi connectivity index (χ2v) is 6.74. The summed E-state index contributed by atoms with van der Waals surface area (Å²) in [7, 11) is 1.83. The lowest BCUT2D eigenvalue weighted by Gasteiger charge is -2.16. The summed E-state index contributed by atoms with van der Waals surface area (Å²) in [6.07, 6.45) is 0.764. The lowest BCUT2D eigenvalue weighted by atomic mass is 10.2. The van der Waals surface area contributed by atoms with Gasteiger partial charge < -0.3 is 14.2 Å². The van der Waals surface area contributed by atoms with Gasteiger partial charge in [0, 0.05) is 38.2 Å². The molecule has 1 unspecified atom stereocenters. The van der Waals surface area contributed by atoms with E-state index in [0.29, 0.717) is 30.5 Å². The molecule has 8 heteroatoms. The Bertz CT molecular complexity index is 941. The van der Waals surface area contributed by atoms with E-state index in [-0.39, 0.29) is 12.0 Å². The fraction of sp³-hybridized carbons (Fsp3) is 0.368. The van der Waals surface area contributed by atoms with Crippen LogP contribution in [0.4, 0.5) is 0 Å². The number of likely N-dealkylation sites (tertiary alicyclic amines) is 1. The van der Waals surface area contributed by atoms with E-state index < -0.39 is 0 Å². The van der Waals surface area contributed by atoms with Gasteiger partial charge in [0.05, 0.1) is 6.54 Å². The minimum absolute atomic E-state index is 0.0305. The molecule has 0 N–H and O–H groups in total. The molecule has 2 aromatic heterocycles. The molecule has 1 aliphatic heterocycles. The first-order valence-corrected chi connectivity index (χ1v) is 8.87. The van der Waals surface area contributed by atoms with Crippen LogP contribution in [0.15, 0.2) is 34.9 Å². The molecule has 1 aliphatic rings. The number of aryl methyl sites for hydroxylation is 3. The highest BCUT2D eigenvalue weighted by Crippen LogP contribution is 2.23. The lowest BCUT2D eigenvalue weighted by molar-refractivity contribution is 0.0766. The van der Waals surface area contributed by atoms with Crippen LogP contribution in [0.25, 0.3) is 11.4 Å². The predicted molar refractivity (Wildman–Crippen MR) is 97.4 cm³/mol. The van der Waals surface area contributed by atoms with Crippen LogP contribution >= 0.6 is 0 Å². The minimum Gasteiger partial charge on any atom is -0.489 e. The minimum atomic E-state index is -0.0485. The molecule has 1 atom stereocenters. The molecule has 1 aromatic carbocycles. The van der Waals surface area contributed by atoms with Gasteiger partial charge in [-0.25, -0.2) is 0 Å². The molecular formula is C19H21N5O3. The van der Waals surface area contributed by atoms with Crippen molar-refractivity contribution >= 4 is 5.91 Å². The molecule has 0 bridgehead atoms. The van der Waals surface area contributed by atoms with Crippen molar-refractivity contribution in [2.24, 2.45) is 7.05 Å². The van der Waals surface area contributed by atoms with E-state index in [9.17, 15) is 4.79 Å². The number of rotatable bonds is 4. The van der Waals surface area contributed by atoms with Crippen molar-refractivity contribution in [1.82, 2.24) is 24.8 Å². The van der Waals surface area contributed by atoms with Gasteiger partial charge >= 0.3 is 0 Å². The molecule has 4 rings (SSSR count). The number of nitrogens with zero attached hydrogens (tertiary/aromatic N) is 5. The van der Waals surface area contributed by atoms with Crippen LogP contribution in [0.3, 0.4) is 0 Å². The van der Waals surface area contributed by atoms with Crippen molar-refractivity contribution in [2.75, 3.05) is 13.1 Å². The molecule has 3 heterocycles.